The van der Waals surface area contributed by atoms with Crippen molar-refractivity contribution in [2.45, 2.75) is 80.1 Å². The Morgan fingerprint density at radius 3 is 0.470 bits per heavy atom. The average Bonchev–Trinajstić information content (AvgIpc) is 0.714. The lowest BCUT2D eigenvalue weighted by atomic mass is 9.77. The van der Waals surface area contributed by atoms with Crippen LogP contribution in [0.3, 0.4) is 0 Å². The van der Waals surface area contributed by atoms with Crippen LogP contribution in [0.15, 0.2) is 437 Å². The molecular weight excluding hydrogens is 1600 g/mol. The molecule has 18 aromatic carbocycles. The summed E-state index contributed by atoms with van der Waals surface area (Å²) < 4.78 is 0. The molecule has 0 aromatic heterocycles. The van der Waals surface area contributed by atoms with Crippen LogP contribution in [0, 0.1) is 27.7 Å². The first kappa shape index (κ1) is 81.7. The van der Waals surface area contributed by atoms with E-state index in [0.29, 0.717) is 0 Å². The first-order valence-electron chi connectivity index (χ1n) is 46.1. The van der Waals surface area contributed by atoms with E-state index in [1.165, 1.54) is 213 Å². The normalized spacial score (nSPS) is 14.0. The fourth-order valence-electron chi connectivity index (χ4n) is 21.0. The number of hydrogen-bond donors (Lipinski definition) is 0. The summed E-state index contributed by atoms with van der Waals surface area (Å²) in [6.07, 6.45) is 0. The second-order valence-electron chi connectivity index (χ2n) is 37.4. The van der Waals surface area contributed by atoms with Crippen molar-refractivity contribution in [2.75, 3.05) is 29.4 Å². The quantitative estimate of drug-likeness (QED) is 0.164. The van der Waals surface area contributed by atoms with Gasteiger partial charge >= 0.3 is 0 Å². The van der Waals surface area contributed by atoms with Gasteiger partial charge in [-0.15, -0.1) is 0 Å². The summed E-state index contributed by atoms with van der Waals surface area (Å²) in [4.78, 5) is 14.6. The fraction of sp³-hybridized carbons (Fsp3) is 0.0952. The van der Waals surface area contributed by atoms with E-state index in [0.717, 1.165) is 22.7 Å². The molecule has 24 rings (SSSR count). The third-order valence-electron chi connectivity index (χ3n) is 26.6. The maximum Gasteiger partial charge on any atom is 0.0543 e. The van der Waals surface area contributed by atoms with Crippen LogP contribution >= 0.6 is 0 Å². The van der Waals surface area contributed by atoms with Crippen molar-refractivity contribution in [2.24, 2.45) is 0 Å². The second-order valence-corrected chi connectivity index (χ2v) is 37.4. The molecule has 132 heavy (non-hydrogen) atoms. The minimum Gasteiger partial charge on any atom is -0.309 e. The molecule has 0 bridgehead atoms. The van der Waals surface area contributed by atoms with Crippen molar-refractivity contribution in [1.29, 1.82) is 0 Å². The highest BCUT2D eigenvalue weighted by molar-refractivity contribution is 6.21. The van der Waals surface area contributed by atoms with Gasteiger partial charge in [-0.05, 0) is 217 Å². The van der Waals surface area contributed by atoms with Crippen molar-refractivity contribution in [3.05, 3.63) is 537 Å². The van der Waals surface area contributed by atoms with Crippen molar-refractivity contribution >= 4 is 136 Å². The standard InChI is InChI=1S/C46H42N2.C42H34N2.C38H26N2/c1-45(2,3)31-25-27-37-41(29-31)47(33-17-9-7-10-18-33)39-23-15-13-21-35(39)43(37)44-36-22-14-16-24-40(36)48(34-19-11-8-12-20-34)42-30-32(46(4,5)6)26-28-38(42)44;1-27-21-28(2)24-31(23-27)43-37-17-9-5-13-33(37)41(34-14-6-10-18-38(34)43)42-35-15-7-11-19-39(35)44(40-20-12-8-16-36(40)42)32-25-29(3)22-30(4)26-32;1-3-15-27(16-4-1)39-33-23-11-7-19-29(33)37(30-20-8-12-24-34(30)39)38-31-21-9-13-25-35(31)40(28-17-5-2-6-18-28)36-26-14-10-22-32(36)38/h7-30H,1-6H3;5-26H,1-4H3;1-26H/b44-43+;;. The predicted octanol–water partition coefficient (Wildman–Crippen LogP) is 34.6. The largest absolute Gasteiger partial charge is 0.309 e. The second kappa shape index (κ2) is 33.2. The summed E-state index contributed by atoms with van der Waals surface area (Å²) in [5.74, 6) is 0. The third kappa shape index (κ3) is 14.2. The molecule has 0 saturated carbocycles. The highest BCUT2D eigenvalue weighted by atomic mass is 15.2. The average molecular weight is 1700 g/mol. The highest BCUT2D eigenvalue weighted by Gasteiger charge is 2.41. The van der Waals surface area contributed by atoms with E-state index in [1.807, 2.05) is 0 Å². The van der Waals surface area contributed by atoms with Crippen LogP contribution in [0.4, 0.5) is 102 Å². The summed E-state index contributed by atoms with van der Waals surface area (Å²) in [6.45, 7) is 22.5. The summed E-state index contributed by atoms with van der Waals surface area (Å²) in [6, 6.07) is 160. The minimum absolute atomic E-state index is 0.00520. The first-order valence-corrected chi connectivity index (χ1v) is 46.1. The van der Waals surface area contributed by atoms with E-state index < -0.39 is 0 Å². The number of fused-ring (bicyclic) bond motifs is 12. The Hall–Kier alpha value is -16.0. The number of anilines is 18. The lowest BCUT2D eigenvalue weighted by molar-refractivity contribution is 0.590. The Morgan fingerprint density at radius 1 is 0.136 bits per heavy atom. The topological polar surface area (TPSA) is 19.4 Å². The van der Waals surface area contributed by atoms with Crippen LogP contribution in [0.2, 0.25) is 0 Å². The molecular formula is C126H102N6. The molecule has 0 aliphatic carbocycles. The zero-order valence-electron chi connectivity index (χ0n) is 76.3. The molecule has 0 unspecified atom stereocenters. The van der Waals surface area contributed by atoms with Gasteiger partial charge in [-0.25, -0.2) is 0 Å². The van der Waals surface area contributed by atoms with E-state index >= 15 is 0 Å². The van der Waals surface area contributed by atoms with Crippen molar-refractivity contribution in [3.63, 3.8) is 0 Å². The molecule has 0 saturated heterocycles. The van der Waals surface area contributed by atoms with Gasteiger partial charge in [0.25, 0.3) is 0 Å². The predicted molar refractivity (Wildman–Crippen MR) is 558 cm³/mol. The van der Waals surface area contributed by atoms with E-state index in [-0.39, 0.29) is 10.8 Å². The summed E-state index contributed by atoms with van der Waals surface area (Å²) in [5, 5.41) is 0. The van der Waals surface area contributed by atoms with Gasteiger partial charge in [-0.1, -0.05) is 333 Å². The molecule has 0 atom stereocenters. The third-order valence-corrected chi connectivity index (χ3v) is 26.6. The van der Waals surface area contributed by atoms with Crippen molar-refractivity contribution in [1.82, 2.24) is 0 Å². The van der Waals surface area contributed by atoms with Gasteiger partial charge < -0.3 is 29.4 Å². The van der Waals surface area contributed by atoms with Crippen molar-refractivity contribution in [3.8, 4) is 0 Å². The Kier molecular flexibility index (Phi) is 20.6. The van der Waals surface area contributed by atoms with Crippen LogP contribution in [0.5, 0.6) is 0 Å². The molecule has 0 fully saturated rings. The van der Waals surface area contributed by atoms with Gasteiger partial charge in [0.15, 0.2) is 0 Å². The lowest BCUT2D eigenvalue weighted by Gasteiger charge is -2.40. The zero-order valence-corrected chi connectivity index (χ0v) is 76.3. The van der Waals surface area contributed by atoms with E-state index in [9.17, 15) is 0 Å². The summed E-state index contributed by atoms with van der Waals surface area (Å²) in [5.41, 5.74) is 51.6. The summed E-state index contributed by atoms with van der Waals surface area (Å²) >= 11 is 0. The minimum atomic E-state index is 0.00520. The zero-order chi connectivity index (χ0) is 89.6. The maximum atomic E-state index is 2.46. The monoisotopic (exact) mass is 1700 g/mol. The Balaban J connectivity index is 0.000000116. The molecule has 0 N–H and O–H groups in total. The Bertz CT molecular complexity index is 6980. The Labute approximate surface area is 776 Å². The number of nitrogens with zero attached hydrogens (tertiary/aromatic N) is 6. The van der Waals surface area contributed by atoms with Crippen LogP contribution in [-0.2, 0) is 10.8 Å². The summed E-state index contributed by atoms with van der Waals surface area (Å²) in [7, 11) is 0. The first-order chi connectivity index (χ1) is 64.5. The number of benzene rings is 18. The number of hydrogen-bond acceptors (Lipinski definition) is 6. The van der Waals surface area contributed by atoms with Gasteiger partial charge in [0.2, 0.25) is 0 Å². The van der Waals surface area contributed by atoms with Gasteiger partial charge in [0.05, 0.1) is 68.2 Å². The number of rotatable bonds is 6. The molecule has 0 amide bonds. The molecule has 6 heterocycles. The SMILES string of the molecule is CC(C)(C)c1ccc2c(c1)N(c1ccccc1)c1ccccc1/C2=C1/c2ccccc2N(c2ccccc2)c2cc(C(C)(C)C)ccc21.Cc1cc(C)cc(N2c3ccccc3C(=C3c4ccccc4N(c4cc(C)cc(C)c4)c4ccccc43)c3ccccc32)c1.c1ccc(N2c3ccccc3C(=C3c4ccccc4N(c4ccccc4)c4ccccc43)c3ccccc32)cc1. The van der Waals surface area contributed by atoms with Crippen LogP contribution in [0.25, 0.3) is 33.4 Å². The van der Waals surface area contributed by atoms with Crippen LogP contribution in [-0.4, -0.2) is 0 Å². The van der Waals surface area contributed by atoms with Crippen LogP contribution in [0.1, 0.15) is 142 Å². The molecule has 636 valence electrons. The van der Waals surface area contributed by atoms with Gasteiger partial charge in [-0.2, -0.15) is 0 Å². The van der Waals surface area contributed by atoms with Crippen molar-refractivity contribution < 1.29 is 0 Å². The van der Waals surface area contributed by atoms with Crippen LogP contribution < -0.4 is 29.4 Å². The molecule has 0 radical (unpaired) electrons. The van der Waals surface area contributed by atoms with Gasteiger partial charge in [0.1, 0.15) is 0 Å². The van der Waals surface area contributed by atoms with E-state index in [2.05, 4.69) is 535 Å². The number of aryl methyl sites for hydroxylation is 4. The molecule has 18 aromatic rings. The molecule has 6 aliphatic heterocycles. The smallest absolute Gasteiger partial charge is 0.0543 e. The van der Waals surface area contributed by atoms with Gasteiger partial charge in [0, 0.05) is 134 Å². The molecule has 6 heteroatoms. The maximum absolute atomic E-state index is 2.46. The Morgan fingerprint density at radius 2 is 0.288 bits per heavy atom. The molecule has 6 aliphatic rings. The molecule has 0 spiro atoms. The lowest BCUT2D eigenvalue weighted by Crippen LogP contribution is -2.23. The van der Waals surface area contributed by atoms with E-state index in [4.69, 9.17) is 0 Å². The van der Waals surface area contributed by atoms with E-state index in [1.54, 1.807) is 0 Å². The number of para-hydroxylation sites is 14. The molecule has 6 nitrogen and oxygen atoms in total. The fourth-order valence-corrected chi connectivity index (χ4v) is 21.0. The van der Waals surface area contributed by atoms with Gasteiger partial charge in [-0.3, -0.25) is 0 Å². The highest BCUT2D eigenvalue weighted by Crippen LogP contribution is 2.62.